The van der Waals surface area contributed by atoms with Crippen molar-refractivity contribution in [1.82, 2.24) is 9.38 Å². The SMILES string of the molecule is CC(C)COc1ccc(S(=O)(=O)c2ccc(CCC(=O)c3ccc4nccn4c3)cc2)cc1. The first-order valence-electron chi connectivity index (χ1n) is 10.9. The fourth-order valence-electron chi connectivity index (χ4n) is 3.44. The number of ketones is 1. The van der Waals surface area contributed by atoms with Gasteiger partial charge in [-0.25, -0.2) is 13.4 Å². The predicted molar refractivity (Wildman–Crippen MR) is 127 cm³/mol. The number of benzene rings is 2. The topological polar surface area (TPSA) is 77.7 Å². The summed E-state index contributed by atoms with van der Waals surface area (Å²) in [5.74, 6) is 1.07. The van der Waals surface area contributed by atoms with Gasteiger partial charge in [0.05, 0.1) is 16.4 Å². The van der Waals surface area contributed by atoms with Crippen LogP contribution in [0.1, 0.15) is 36.2 Å². The molecule has 0 N–H and O–H groups in total. The van der Waals surface area contributed by atoms with Gasteiger partial charge < -0.3 is 9.14 Å². The average molecular weight is 463 g/mol. The van der Waals surface area contributed by atoms with E-state index < -0.39 is 9.84 Å². The van der Waals surface area contributed by atoms with Gasteiger partial charge in [-0.05, 0) is 66.4 Å². The maximum atomic E-state index is 13.0. The molecule has 0 saturated carbocycles. The summed E-state index contributed by atoms with van der Waals surface area (Å²) >= 11 is 0. The zero-order valence-electron chi connectivity index (χ0n) is 18.6. The maximum Gasteiger partial charge on any atom is 0.206 e. The zero-order valence-corrected chi connectivity index (χ0v) is 19.5. The lowest BCUT2D eigenvalue weighted by molar-refractivity contribution is 0.0982. The molecule has 0 aliphatic heterocycles. The van der Waals surface area contributed by atoms with Crippen LogP contribution in [0.4, 0.5) is 0 Å². The van der Waals surface area contributed by atoms with Crippen LogP contribution < -0.4 is 4.74 Å². The van der Waals surface area contributed by atoms with E-state index in [2.05, 4.69) is 18.8 Å². The molecule has 0 unspecified atom stereocenters. The summed E-state index contributed by atoms with van der Waals surface area (Å²) in [6.45, 7) is 4.69. The van der Waals surface area contributed by atoms with Gasteiger partial charge >= 0.3 is 0 Å². The summed E-state index contributed by atoms with van der Waals surface area (Å²) < 4.78 is 33.4. The number of nitrogens with zero attached hydrogens (tertiary/aromatic N) is 2. The van der Waals surface area contributed by atoms with Gasteiger partial charge in [-0.2, -0.15) is 0 Å². The normalized spacial score (nSPS) is 11.7. The average Bonchev–Trinajstić information content (AvgIpc) is 3.30. The van der Waals surface area contributed by atoms with Crippen molar-refractivity contribution >= 4 is 21.3 Å². The molecule has 6 nitrogen and oxygen atoms in total. The number of ether oxygens (including phenoxy) is 1. The minimum absolute atomic E-state index is 0.0297. The largest absolute Gasteiger partial charge is 0.493 e. The zero-order chi connectivity index (χ0) is 23.4. The smallest absolute Gasteiger partial charge is 0.206 e. The number of hydrogen-bond donors (Lipinski definition) is 0. The van der Waals surface area contributed by atoms with E-state index in [0.717, 1.165) is 11.2 Å². The number of imidazole rings is 1. The van der Waals surface area contributed by atoms with Gasteiger partial charge in [0.25, 0.3) is 0 Å². The van der Waals surface area contributed by atoms with Crippen LogP contribution in [-0.2, 0) is 16.3 Å². The number of pyridine rings is 1. The van der Waals surface area contributed by atoms with E-state index in [9.17, 15) is 13.2 Å². The molecule has 0 atom stereocenters. The van der Waals surface area contributed by atoms with Crippen LogP contribution in [0.3, 0.4) is 0 Å². The summed E-state index contributed by atoms with van der Waals surface area (Å²) in [6.07, 6.45) is 6.14. The Bertz CT molecular complexity index is 1360. The highest BCUT2D eigenvalue weighted by Crippen LogP contribution is 2.24. The second kappa shape index (κ2) is 9.58. The second-order valence-corrected chi connectivity index (χ2v) is 10.3. The van der Waals surface area contributed by atoms with Crippen molar-refractivity contribution in [1.29, 1.82) is 0 Å². The van der Waals surface area contributed by atoms with Crippen LogP contribution >= 0.6 is 0 Å². The molecular formula is C26H26N2O4S. The highest BCUT2D eigenvalue weighted by Gasteiger charge is 2.18. The molecule has 0 radical (unpaired) electrons. The summed E-state index contributed by atoms with van der Waals surface area (Å²) in [5, 5.41) is 0. The van der Waals surface area contributed by atoms with Crippen LogP contribution in [0, 0.1) is 5.92 Å². The summed E-state index contributed by atoms with van der Waals surface area (Å²) in [4.78, 5) is 17.2. The van der Waals surface area contributed by atoms with E-state index >= 15 is 0 Å². The van der Waals surface area contributed by atoms with Gasteiger partial charge in [-0.15, -0.1) is 0 Å². The maximum absolute atomic E-state index is 13.0. The van der Waals surface area contributed by atoms with Crippen LogP contribution in [0.25, 0.3) is 5.65 Å². The monoisotopic (exact) mass is 462 g/mol. The third kappa shape index (κ3) is 5.31. The molecule has 0 fully saturated rings. The Hall–Kier alpha value is -3.45. The van der Waals surface area contributed by atoms with E-state index in [1.165, 1.54) is 0 Å². The van der Waals surface area contributed by atoms with Gasteiger partial charge in [0.1, 0.15) is 11.4 Å². The van der Waals surface area contributed by atoms with Crippen molar-refractivity contribution in [3.63, 3.8) is 0 Å². The Kier molecular flexibility index (Phi) is 6.60. The highest BCUT2D eigenvalue weighted by atomic mass is 32.2. The molecule has 4 rings (SSSR count). The first-order valence-corrected chi connectivity index (χ1v) is 12.3. The Morgan fingerprint density at radius 1 is 0.970 bits per heavy atom. The van der Waals surface area contributed by atoms with Gasteiger partial charge in [0, 0.05) is 30.6 Å². The lowest BCUT2D eigenvalue weighted by Crippen LogP contribution is -2.05. The Balaban J connectivity index is 1.40. The van der Waals surface area contributed by atoms with Crippen molar-refractivity contribution in [2.75, 3.05) is 6.61 Å². The Labute approximate surface area is 193 Å². The molecular weight excluding hydrogens is 436 g/mol. The van der Waals surface area contributed by atoms with E-state index in [-0.39, 0.29) is 15.6 Å². The van der Waals surface area contributed by atoms with Crippen molar-refractivity contribution in [3.8, 4) is 5.75 Å². The molecule has 7 heteroatoms. The minimum atomic E-state index is -3.62. The number of fused-ring (bicyclic) bond motifs is 1. The fraction of sp³-hybridized carbons (Fsp3) is 0.231. The third-order valence-corrected chi connectivity index (χ3v) is 7.09. The first-order chi connectivity index (χ1) is 15.8. The number of carbonyl (C=O) groups excluding carboxylic acids is 1. The summed E-state index contributed by atoms with van der Waals surface area (Å²) in [6, 6.07) is 16.8. The third-order valence-electron chi connectivity index (χ3n) is 5.30. The number of sulfone groups is 1. The lowest BCUT2D eigenvalue weighted by atomic mass is 10.0. The Morgan fingerprint density at radius 2 is 1.64 bits per heavy atom. The standard InChI is InChI=1S/C26H26N2O4S/c1-19(2)18-32-22-7-11-24(12-8-22)33(30,31)23-9-3-20(4-10-23)5-13-25(29)21-6-14-26-27-15-16-28(26)17-21/h3-4,6-12,14-17,19H,5,13,18H2,1-2H3. The Morgan fingerprint density at radius 3 is 2.30 bits per heavy atom. The predicted octanol–water partition coefficient (Wildman–Crippen LogP) is 5.02. The molecule has 0 bridgehead atoms. The number of rotatable bonds is 9. The van der Waals surface area contributed by atoms with Gasteiger partial charge in [-0.3, -0.25) is 4.79 Å². The van der Waals surface area contributed by atoms with Crippen molar-refractivity contribution in [3.05, 3.63) is 90.4 Å². The van der Waals surface area contributed by atoms with E-state index in [0.29, 0.717) is 36.7 Å². The molecule has 0 aliphatic rings. The van der Waals surface area contributed by atoms with E-state index in [1.807, 2.05) is 10.5 Å². The molecule has 0 amide bonds. The highest BCUT2D eigenvalue weighted by molar-refractivity contribution is 7.91. The molecule has 2 aromatic heterocycles. The molecule has 2 aromatic carbocycles. The quantitative estimate of drug-likeness (QED) is 0.327. The fourth-order valence-corrected chi connectivity index (χ4v) is 4.70. The number of hydrogen-bond acceptors (Lipinski definition) is 5. The molecule has 0 aliphatic carbocycles. The summed E-state index contributed by atoms with van der Waals surface area (Å²) in [5.41, 5.74) is 2.32. The minimum Gasteiger partial charge on any atom is -0.493 e. The lowest BCUT2D eigenvalue weighted by Gasteiger charge is -2.10. The van der Waals surface area contributed by atoms with Crippen molar-refractivity contribution < 1.29 is 17.9 Å². The van der Waals surface area contributed by atoms with Crippen molar-refractivity contribution in [2.24, 2.45) is 5.92 Å². The molecule has 33 heavy (non-hydrogen) atoms. The van der Waals surface area contributed by atoms with Gasteiger partial charge in [0.15, 0.2) is 5.78 Å². The number of carbonyl (C=O) groups is 1. The molecule has 0 spiro atoms. The van der Waals surface area contributed by atoms with Crippen molar-refractivity contribution in [2.45, 2.75) is 36.5 Å². The van der Waals surface area contributed by atoms with Crippen LogP contribution in [0.5, 0.6) is 5.75 Å². The molecule has 0 saturated heterocycles. The molecule has 2 heterocycles. The molecule has 170 valence electrons. The van der Waals surface area contributed by atoms with Gasteiger partial charge in [0.2, 0.25) is 9.84 Å². The van der Waals surface area contributed by atoms with E-state index in [1.54, 1.807) is 73.2 Å². The number of aromatic nitrogens is 2. The van der Waals surface area contributed by atoms with Crippen LogP contribution in [-0.4, -0.2) is 30.2 Å². The van der Waals surface area contributed by atoms with E-state index in [4.69, 9.17) is 4.74 Å². The van der Waals surface area contributed by atoms with Crippen LogP contribution in [0.15, 0.2) is 89.0 Å². The number of Topliss-reactive ketones (excluding diaryl/α,β-unsaturated/α-hetero) is 1. The van der Waals surface area contributed by atoms with Gasteiger partial charge in [-0.1, -0.05) is 26.0 Å². The summed E-state index contributed by atoms with van der Waals surface area (Å²) in [7, 11) is -3.62. The van der Waals surface area contributed by atoms with Crippen LogP contribution in [0.2, 0.25) is 0 Å². The number of aryl methyl sites for hydroxylation is 1. The molecule has 4 aromatic rings. The second-order valence-electron chi connectivity index (χ2n) is 8.36. The first kappa shape index (κ1) is 22.7.